The summed E-state index contributed by atoms with van der Waals surface area (Å²) in [4.78, 5) is 16.3. The molecule has 0 amide bonds. The molecule has 3 aromatic heterocycles. The lowest BCUT2D eigenvalue weighted by molar-refractivity contribution is 0.879. The summed E-state index contributed by atoms with van der Waals surface area (Å²) in [5.41, 5.74) is 11.1. The average molecular weight is 742 g/mol. The van der Waals surface area contributed by atoms with Crippen molar-refractivity contribution >= 4 is 59.8 Å². The summed E-state index contributed by atoms with van der Waals surface area (Å²) < 4.78 is 4.84. The van der Waals surface area contributed by atoms with E-state index >= 15 is 0 Å². The molecular weight excluding hydrogens is 707 g/mol. The molecule has 0 fully saturated rings. The predicted molar refractivity (Wildman–Crippen MR) is 239 cm³/mol. The van der Waals surface area contributed by atoms with Crippen molar-refractivity contribution in [2.75, 3.05) is 0 Å². The van der Waals surface area contributed by atoms with Gasteiger partial charge in [-0.25, -0.2) is 15.0 Å². The van der Waals surface area contributed by atoms with Crippen LogP contribution in [0.1, 0.15) is 23.5 Å². The highest BCUT2D eigenvalue weighted by Crippen LogP contribution is 2.43. The van der Waals surface area contributed by atoms with Gasteiger partial charge in [0.2, 0.25) is 0 Å². The quantitative estimate of drug-likeness (QED) is 0.176. The summed E-state index contributed by atoms with van der Waals surface area (Å²) >= 11 is 0. The zero-order valence-electron chi connectivity index (χ0n) is 31.5. The average Bonchev–Trinajstić information content (AvgIpc) is 3.82. The molecule has 0 N–H and O–H groups in total. The Kier molecular flexibility index (Phi) is 7.29. The number of hydrogen-bond donors (Lipinski definition) is 0. The van der Waals surface area contributed by atoms with Crippen LogP contribution in [0.3, 0.4) is 0 Å². The van der Waals surface area contributed by atoms with Crippen LogP contribution in [0.4, 0.5) is 0 Å². The van der Waals surface area contributed by atoms with E-state index in [1.54, 1.807) is 0 Å². The largest absolute Gasteiger partial charge is 0.313 e. The van der Waals surface area contributed by atoms with E-state index in [0.717, 1.165) is 62.7 Å². The Morgan fingerprint density at radius 3 is 1.78 bits per heavy atom. The number of fused-ring (bicyclic) bond motifs is 9. The van der Waals surface area contributed by atoms with E-state index in [1.165, 1.54) is 43.7 Å². The van der Waals surface area contributed by atoms with Gasteiger partial charge in [0.1, 0.15) is 0 Å². The van der Waals surface area contributed by atoms with E-state index in [-0.39, 0.29) is 0 Å². The fourth-order valence-electron chi connectivity index (χ4n) is 9.37. The minimum Gasteiger partial charge on any atom is -0.313 e. The van der Waals surface area contributed by atoms with Crippen LogP contribution in [-0.2, 0) is 6.42 Å². The summed E-state index contributed by atoms with van der Waals surface area (Å²) in [6, 6.07) is 64.7. The van der Waals surface area contributed by atoms with Crippen LogP contribution in [-0.4, -0.2) is 24.1 Å². The number of aromatic nitrogens is 5. The van der Waals surface area contributed by atoms with Crippen LogP contribution in [0.2, 0.25) is 0 Å². The highest BCUT2D eigenvalue weighted by molar-refractivity contribution is 6.21. The SMILES string of the molecule is C1=C(c2nc(-c3ccccc3)nc(-c3c(-n4c5ccccc5c5c6ccccc6ccc54)ccc4ccccc34)n2)c2c(n(-c3ccccc3)c3ccccc23)CC1. The minimum atomic E-state index is 0.641. The summed E-state index contributed by atoms with van der Waals surface area (Å²) in [6.45, 7) is 0. The Morgan fingerprint density at radius 1 is 0.397 bits per heavy atom. The molecule has 0 saturated heterocycles. The molecule has 0 bridgehead atoms. The van der Waals surface area contributed by atoms with Gasteiger partial charge in [-0.15, -0.1) is 0 Å². The monoisotopic (exact) mass is 741 g/mol. The van der Waals surface area contributed by atoms with Gasteiger partial charge in [0.15, 0.2) is 17.5 Å². The van der Waals surface area contributed by atoms with Gasteiger partial charge in [-0.1, -0.05) is 152 Å². The molecule has 0 radical (unpaired) electrons. The van der Waals surface area contributed by atoms with Crippen LogP contribution >= 0.6 is 0 Å². The molecule has 58 heavy (non-hydrogen) atoms. The van der Waals surface area contributed by atoms with Crippen LogP contribution in [0.15, 0.2) is 188 Å². The normalized spacial score (nSPS) is 12.8. The lowest BCUT2D eigenvalue weighted by Gasteiger charge is -2.19. The molecule has 0 unspecified atom stereocenters. The topological polar surface area (TPSA) is 48.5 Å². The van der Waals surface area contributed by atoms with Gasteiger partial charge in [0, 0.05) is 44.2 Å². The molecule has 12 rings (SSSR count). The van der Waals surface area contributed by atoms with E-state index in [9.17, 15) is 0 Å². The van der Waals surface area contributed by atoms with Crippen molar-refractivity contribution in [3.05, 3.63) is 205 Å². The van der Waals surface area contributed by atoms with Crippen molar-refractivity contribution in [2.45, 2.75) is 12.8 Å². The van der Waals surface area contributed by atoms with Crippen molar-refractivity contribution in [1.29, 1.82) is 0 Å². The zero-order chi connectivity index (χ0) is 38.2. The molecule has 3 heterocycles. The molecule has 272 valence electrons. The second kappa shape index (κ2) is 13.0. The lowest BCUT2D eigenvalue weighted by atomic mass is 9.93. The zero-order valence-corrected chi connectivity index (χ0v) is 31.5. The van der Waals surface area contributed by atoms with Gasteiger partial charge >= 0.3 is 0 Å². The van der Waals surface area contributed by atoms with Gasteiger partial charge in [-0.05, 0) is 70.8 Å². The molecule has 0 saturated carbocycles. The Bertz CT molecular complexity index is 3450. The maximum absolute atomic E-state index is 5.56. The minimum absolute atomic E-state index is 0.641. The summed E-state index contributed by atoms with van der Waals surface area (Å²) in [5, 5.41) is 8.32. The molecule has 5 heteroatoms. The lowest BCUT2D eigenvalue weighted by Crippen LogP contribution is -2.10. The van der Waals surface area contributed by atoms with E-state index in [1.807, 2.05) is 6.07 Å². The molecule has 0 spiro atoms. The summed E-state index contributed by atoms with van der Waals surface area (Å²) in [5.74, 6) is 1.96. The molecular formula is C53H35N5. The van der Waals surface area contributed by atoms with Gasteiger partial charge < -0.3 is 9.13 Å². The third-order valence-electron chi connectivity index (χ3n) is 11.8. The van der Waals surface area contributed by atoms with Crippen LogP contribution in [0.5, 0.6) is 0 Å². The van der Waals surface area contributed by atoms with Crippen LogP contribution < -0.4 is 0 Å². The van der Waals surface area contributed by atoms with Crippen LogP contribution in [0, 0.1) is 0 Å². The Labute approximate surface area is 334 Å². The van der Waals surface area contributed by atoms with Crippen molar-refractivity contribution < 1.29 is 0 Å². The van der Waals surface area contributed by atoms with Crippen molar-refractivity contribution in [3.63, 3.8) is 0 Å². The van der Waals surface area contributed by atoms with E-state index in [0.29, 0.717) is 17.5 Å². The smallest absolute Gasteiger partial charge is 0.166 e. The highest BCUT2D eigenvalue weighted by Gasteiger charge is 2.28. The molecule has 1 aliphatic carbocycles. The standard InChI is InChI=1S/C53H35N5/c1-3-18-36(19-4-1)51-54-52(42-26-15-29-45-49(42)40-24-11-13-27-43(40)57(45)37-20-5-2-6-21-37)56-53(55-51)50-39-23-10-8-17-35(39)31-33-47(50)58-44-28-14-12-25-41(44)48-38-22-9-7-16-34(38)30-32-46(48)58/h1-14,16-28,30-33H,15,29H2. The third-order valence-corrected chi connectivity index (χ3v) is 11.8. The first-order valence-electron chi connectivity index (χ1n) is 19.9. The first-order chi connectivity index (χ1) is 28.8. The van der Waals surface area contributed by atoms with Gasteiger partial charge in [0.05, 0.1) is 27.8 Å². The van der Waals surface area contributed by atoms with Crippen molar-refractivity contribution in [3.8, 4) is 34.2 Å². The molecule has 5 nitrogen and oxygen atoms in total. The Hall–Kier alpha value is -7.63. The number of hydrogen-bond acceptors (Lipinski definition) is 3. The number of benzene rings is 8. The van der Waals surface area contributed by atoms with Gasteiger partial charge in [-0.3, -0.25) is 0 Å². The Morgan fingerprint density at radius 2 is 0.983 bits per heavy atom. The maximum atomic E-state index is 5.56. The molecule has 0 atom stereocenters. The third kappa shape index (κ3) is 4.93. The molecule has 0 aliphatic heterocycles. The molecule has 1 aliphatic rings. The highest BCUT2D eigenvalue weighted by atomic mass is 15.1. The van der Waals surface area contributed by atoms with E-state index in [2.05, 4.69) is 191 Å². The fourth-order valence-corrected chi connectivity index (χ4v) is 9.37. The number of rotatable bonds is 5. The number of nitrogens with zero attached hydrogens (tertiary/aromatic N) is 5. The second-order valence-corrected chi connectivity index (χ2v) is 15.1. The number of allylic oxidation sites excluding steroid dienone is 1. The Balaban J connectivity index is 1.17. The van der Waals surface area contributed by atoms with Crippen molar-refractivity contribution in [1.82, 2.24) is 24.1 Å². The molecule has 11 aromatic rings. The van der Waals surface area contributed by atoms with Gasteiger partial charge in [0.25, 0.3) is 0 Å². The summed E-state index contributed by atoms with van der Waals surface area (Å²) in [7, 11) is 0. The van der Waals surface area contributed by atoms with Gasteiger partial charge in [-0.2, -0.15) is 0 Å². The molecule has 8 aromatic carbocycles. The summed E-state index contributed by atoms with van der Waals surface area (Å²) in [6.07, 6.45) is 4.13. The van der Waals surface area contributed by atoms with Crippen LogP contribution in [0.25, 0.3) is 94.0 Å². The first kappa shape index (κ1) is 32.6. The number of para-hydroxylation sites is 3. The van der Waals surface area contributed by atoms with Crippen molar-refractivity contribution in [2.24, 2.45) is 0 Å². The van der Waals surface area contributed by atoms with E-state index in [4.69, 9.17) is 15.0 Å². The van der Waals surface area contributed by atoms with E-state index < -0.39 is 0 Å². The second-order valence-electron chi connectivity index (χ2n) is 15.1. The maximum Gasteiger partial charge on any atom is 0.166 e. The first-order valence-corrected chi connectivity index (χ1v) is 19.9. The predicted octanol–water partition coefficient (Wildman–Crippen LogP) is 12.9. The fraction of sp³-hybridized carbons (Fsp3) is 0.0377.